The van der Waals surface area contributed by atoms with Crippen LogP contribution in [0.15, 0.2) is 35.9 Å². The maximum atomic E-state index is 12.4. The van der Waals surface area contributed by atoms with E-state index in [9.17, 15) is 10.1 Å². The molecule has 1 N–H and O–H groups in total. The molecule has 0 spiro atoms. The van der Waals surface area contributed by atoms with E-state index in [1.165, 1.54) is 0 Å². The van der Waals surface area contributed by atoms with Gasteiger partial charge in [0, 0.05) is 24.1 Å². The number of nitriles is 1. The normalized spacial score (nSPS) is 11.2. The monoisotopic (exact) mass is 307 g/mol. The fourth-order valence-electron chi connectivity index (χ4n) is 2.47. The quantitative estimate of drug-likeness (QED) is 0.691. The second-order valence-electron chi connectivity index (χ2n) is 5.52. The number of carbonyl (C=O) groups excluding carboxylic acids is 1. The third kappa shape index (κ3) is 3.51. The first-order chi connectivity index (χ1) is 11.0. The van der Waals surface area contributed by atoms with Gasteiger partial charge in [-0.1, -0.05) is 25.1 Å². The van der Waals surface area contributed by atoms with Gasteiger partial charge in [-0.2, -0.15) is 5.26 Å². The predicted octanol–water partition coefficient (Wildman–Crippen LogP) is 3.75. The molecule has 1 heterocycles. The molecule has 23 heavy (non-hydrogen) atoms. The van der Waals surface area contributed by atoms with E-state index in [1.54, 1.807) is 6.08 Å². The lowest BCUT2D eigenvalue weighted by atomic mass is 10.1. The van der Waals surface area contributed by atoms with Crippen LogP contribution in [0.2, 0.25) is 0 Å². The number of aryl methyl sites for hydroxylation is 2. The van der Waals surface area contributed by atoms with Crippen molar-refractivity contribution in [2.24, 2.45) is 7.05 Å². The van der Waals surface area contributed by atoms with Crippen molar-refractivity contribution < 1.29 is 4.79 Å². The van der Waals surface area contributed by atoms with Crippen LogP contribution in [0.3, 0.4) is 0 Å². The average molecular weight is 307 g/mol. The van der Waals surface area contributed by atoms with E-state index < -0.39 is 0 Å². The number of anilines is 1. The van der Waals surface area contributed by atoms with Crippen molar-refractivity contribution in [3.8, 4) is 6.07 Å². The summed E-state index contributed by atoms with van der Waals surface area (Å²) in [7, 11) is 1.96. The lowest BCUT2D eigenvalue weighted by Gasteiger charge is -2.09. The van der Waals surface area contributed by atoms with Crippen LogP contribution in [-0.2, 0) is 18.3 Å². The van der Waals surface area contributed by atoms with Gasteiger partial charge in [-0.3, -0.25) is 4.79 Å². The first-order valence-corrected chi connectivity index (χ1v) is 7.61. The van der Waals surface area contributed by atoms with E-state index >= 15 is 0 Å². The van der Waals surface area contributed by atoms with Gasteiger partial charge in [0.15, 0.2) is 0 Å². The molecule has 1 amide bonds. The molecule has 118 valence electrons. The van der Waals surface area contributed by atoms with Gasteiger partial charge < -0.3 is 9.88 Å². The van der Waals surface area contributed by atoms with Crippen LogP contribution in [0.25, 0.3) is 6.08 Å². The van der Waals surface area contributed by atoms with E-state index in [0.717, 1.165) is 34.6 Å². The van der Waals surface area contributed by atoms with Crippen molar-refractivity contribution in [1.82, 2.24) is 4.57 Å². The highest BCUT2D eigenvalue weighted by atomic mass is 16.1. The number of carbonyl (C=O) groups is 1. The van der Waals surface area contributed by atoms with Crippen LogP contribution in [0, 0.1) is 25.2 Å². The van der Waals surface area contributed by atoms with Crippen LogP contribution in [0.1, 0.15) is 29.4 Å². The third-order valence-electron chi connectivity index (χ3n) is 4.13. The van der Waals surface area contributed by atoms with E-state index in [-0.39, 0.29) is 11.5 Å². The number of rotatable bonds is 4. The molecule has 0 fully saturated rings. The Morgan fingerprint density at radius 2 is 2.04 bits per heavy atom. The first-order valence-electron chi connectivity index (χ1n) is 7.61. The summed E-state index contributed by atoms with van der Waals surface area (Å²) in [6.07, 6.45) is 2.46. The maximum Gasteiger partial charge on any atom is 0.266 e. The number of hydrogen-bond acceptors (Lipinski definition) is 2. The number of benzene rings is 1. The fourth-order valence-corrected chi connectivity index (χ4v) is 2.47. The minimum absolute atomic E-state index is 0.101. The Balaban J connectivity index is 2.30. The highest BCUT2D eigenvalue weighted by molar-refractivity contribution is 6.10. The zero-order chi connectivity index (χ0) is 17.0. The summed E-state index contributed by atoms with van der Waals surface area (Å²) in [5.74, 6) is -0.380. The maximum absolute atomic E-state index is 12.4. The van der Waals surface area contributed by atoms with Crippen molar-refractivity contribution in [3.63, 3.8) is 0 Å². The summed E-state index contributed by atoms with van der Waals surface area (Å²) in [6, 6.07) is 11.6. The molecule has 0 bridgehead atoms. The predicted molar refractivity (Wildman–Crippen MR) is 92.9 cm³/mol. The van der Waals surface area contributed by atoms with E-state index in [0.29, 0.717) is 0 Å². The van der Waals surface area contributed by atoms with Crippen molar-refractivity contribution in [2.75, 3.05) is 5.32 Å². The summed E-state index contributed by atoms with van der Waals surface area (Å²) in [5, 5.41) is 12.2. The Morgan fingerprint density at radius 3 is 2.61 bits per heavy atom. The summed E-state index contributed by atoms with van der Waals surface area (Å²) in [5.41, 5.74) is 4.90. The van der Waals surface area contributed by atoms with Gasteiger partial charge in [0.05, 0.1) is 0 Å². The van der Waals surface area contributed by atoms with Crippen LogP contribution in [-0.4, -0.2) is 10.5 Å². The highest BCUT2D eigenvalue weighted by Gasteiger charge is 2.13. The van der Waals surface area contributed by atoms with E-state index in [2.05, 4.69) is 5.32 Å². The van der Waals surface area contributed by atoms with Crippen molar-refractivity contribution >= 4 is 17.7 Å². The molecule has 0 aliphatic rings. The Kier molecular flexibility index (Phi) is 5.02. The summed E-state index contributed by atoms with van der Waals surface area (Å²) < 4.78 is 2.03. The van der Waals surface area contributed by atoms with E-state index in [4.69, 9.17) is 0 Å². The highest BCUT2D eigenvalue weighted by Crippen LogP contribution is 2.19. The molecule has 4 heteroatoms. The zero-order valence-electron chi connectivity index (χ0n) is 14.0. The number of nitrogens with zero attached hydrogens (tertiary/aromatic N) is 2. The number of amides is 1. The Morgan fingerprint density at radius 1 is 1.35 bits per heavy atom. The van der Waals surface area contributed by atoms with Crippen LogP contribution >= 0.6 is 0 Å². The zero-order valence-corrected chi connectivity index (χ0v) is 14.0. The largest absolute Gasteiger partial charge is 0.352 e. The molecule has 0 unspecified atom stereocenters. The molecule has 0 aliphatic heterocycles. The van der Waals surface area contributed by atoms with Gasteiger partial charge in [0.25, 0.3) is 5.91 Å². The molecule has 0 saturated heterocycles. The van der Waals surface area contributed by atoms with Gasteiger partial charge in [0.1, 0.15) is 11.6 Å². The molecule has 4 nitrogen and oxygen atoms in total. The molecule has 1 aromatic carbocycles. The molecule has 0 saturated carbocycles. The SMILES string of the molecule is CCc1ccccc1NC(=O)/C(C#N)=C\c1cc(C)n(C)c1C. The molecule has 1 aromatic heterocycles. The Labute approximate surface area is 137 Å². The van der Waals surface area contributed by atoms with Gasteiger partial charge in [0.2, 0.25) is 0 Å². The second-order valence-corrected chi connectivity index (χ2v) is 5.52. The smallest absolute Gasteiger partial charge is 0.266 e. The molecule has 0 radical (unpaired) electrons. The number of hydrogen-bond donors (Lipinski definition) is 1. The number of para-hydroxylation sites is 1. The molecule has 2 rings (SSSR count). The second kappa shape index (κ2) is 6.97. The molecule has 0 aliphatic carbocycles. The summed E-state index contributed by atoms with van der Waals surface area (Å²) in [4.78, 5) is 12.4. The third-order valence-corrected chi connectivity index (χ3v) is 4.13. The molecule has 0 atom stereocenters. The van der Waals surface area contributed by atoms with Crippen molar-refractivity contribution in [3.05, 3.63) is 58.4 Å². The fraction of sp³-hybridized carbons (Fsp3) is 0.263. The molecular weight excluding hydrogens is 286 g/mol. The van der Waals surface area contributed by atoms with Crippen molar-refractivity contribution in [1.29, 1.82) is 5.26 Å². The van der Waals surface area contributed by atoms with Gasteiger partial charge in [-0.15, -0.1) is 0 Å². The number of aromatic nitrogens is 1. The van der Waals surface area contributed by atoms with Crippen LogP contribution < -0.4 is 5.32 Å². The average Bonchev–Trinajstić information content (AvgIpc) is 2.79. The van der Waals surface area contributed by atoms with Crippen LogP contribution in [0.4, 0.5) is 5.69 Å². The standard InChI is InChI=1S/C19H21N3O/c1-5-15-8-6-7-9-18(15)21-19(23)17(12-20)11-16-10-13(2)22(4)14(16)3/h6-11H,5H2,1-4H3,(H,21,23)/b17-11-. The Hall–Kier alpha value is -2.80. The van der Waals surface area contributed by atoms with Crippen LogP contribution in [0.5, 0.6) is 0 Å². The van der Waals surface area contributed by atoms with Gasteiger partial charge >= 0.3 is 0 Å². The van der Waals surface area contributed by atoms with E-state index in [1.807, 2.05) is 68.8 Å². The van der Waals surface area contributed by atoms with Crippen molar-refractivity contribution in [2.45, 2.75) is 27.2 Å². The van der Waals surface area contributed by atoms with Gasteiger partial charge in [-0.05, 0) is 49.6 Å². The number of nitrogens with one attached hydrogen (secondary N) is 1. The minimum Gasteiger partial charge on any atom is -0.352 e. The lowest BCUT2D eigenvalue weighted by Crippen LogP contribution is -2.14. The van der Waals surface area contributed by atoms with Gasteiger partial charge in [-0.25, -0.2) is 0 Å². The Bertz CT molecular complexity index is 807. The summed E-state index contributed by atoms with van der Waals surface area (Å²) in [6.45, 7) is 5.99. The molecular formula is C19H21N3O. The molecule has 2 aromatic rings. The summed E-state index contributed by atoms with van der Waals surface area (Å²) >= 11 is 0. The topological polar surface area (TPSA) is 57.8 Å². The minimum atomic E-state index is -0.380. The lowest BCUT2D eigenvalue weighted by molar-refractivity contribution is -0.112. The first kappa shape index (κ1) is 16.6.